The van der Waals surface area contributed by atoms with Gasteiger partial charge in [0.15, 0.2) is 0 Å². The van der Waals surface area contributed by atoms with Crippen molar-refractivity contribution >= 4 is 0 Å². The van der Waals surface area contributed by atoms with E-state index in [4.69, 9.17) is 0 Å². The first kappa shape index (κ1) is 9.01. The molecular formula is C9H19NO. The Kier molecular flexibility index (Phi) is 2.90. The zero-order valence-electron chi connectivity index (χ0n) is 7.64. The lowest BCUT2D eigenvalue weighted by molar-refractivity contribution is 0.0448. The number of aliphatic hydroxyl groups is 1. The van der Waals surface area contributed by atoms with Gasteiger partial charge < -0.3 is 10.0 Å². The van der Waals surface area contributed by atoms with Gasteiger partial charge in [-0.15, -0.1) is 0 Å². The predicted molar refractivity (Wildman–Crippen MR) is 46.6 cm³/mol. The number of likely N-dealkylation sites (tertiary alicyclic amines) is 1. The Balaban J connectivity index is 2.39. The summed E-state index contributed by atoms with van der Waals surface area (Å²) in [5.74, 6) is 0. The van der Waals surface area contributed by atoms with Crippen LogP contribution in [0.4, 0.5) is 0 Å². The molecule has 0 saturated carbocycles. The number of hydrogen-bond donors (Lipinski definition) is 1. The van der Waals surface area contributed by atoms with Gasteiger partial charge >= 0.3 is 0 Å². The SMILES string of the molecule is CCN1CCCC(C)(O)CC1. The monoisotopic (exact) mass is 157 g/mol. The molecule has 0 aliphatic carbocycles. The molecule has 1 saturated heterocycles. The molecular weight excluding hydrogens is 138 g/mol. The van der Waals surface area contributed by atoms with Crippen LogP contribution in [-0.2, 0) is 0 Å². The Morgan fingerprint density at radius 3 is 2.73 bits per heavy atom. The van der Waals surface area contributed by atoms with Crippen LogP contribution in [0.3, 0.4) is 0 Å². The minimum Gasteiger partial charge on any atom is -0.390 e. The molecule has 11 heavy (non-hydrogen) atoms. The topological polar surface area (TPSA) is 23.5 Å². The fourth-order valence-corrected chi connectivity index (χ4v) is 1.64. The maximum Gasteiger partial charge on any atom is 0.0632 e. The maximum atomic E-state index is 9.74. The predicted octanol–water partition coefficient (Wildman–Crippen LogP) is 1.24. The molecule has 0 amide bonds. The highest BCUT2D eigenvalue weighted by Crippen LogP contribution is 2.20. The van der Waals surface area contributed by atoms with E-state index in [2.05, 4.69) is 11.8 Å². The lowest BCUT2D eigenvalue weighted by Crippen LogP contribution is -2.28. The zero-order chi connectivity index (χ0) is 8.32. The van der Waals surface area contributed by atoms with Gasteiger partial charge in [-0.1, -0.05) is 6.92 Å². The summed E-state index contributed by atoms with van der Waals surface area (Å²) in [6, 6.07) is 0. The molecule has 1 N–H and O–H groups in total. The molecule has 1 aliphatic heterocycles. The van der Waals surface area contributed by atoms with Crippen LogP contribution in [0.2, 0.25) is 0 Å². The summed E-state index contributed by atoms with van der Waals surface area (Å²) in [6.45, 7) is 7.47. The second kappa shape index (κ2) is 3.55. The van der Waals surface area contributed by atoms with Crippen LogP contribution < -0.4 is 0 Å². The normalized spacial score (nSPS) is 35.2. The zero-order valence-corrected chi connectivity index (χ0v) is 7.64. The third kappa shape index (κ3) is 2.80. The van der Waals surface area contributed by atoms with Gasteiger partial charge in [0.1, 0.15) is 0 Å². The molecule has 2 nitrogen and oxygen atoms in total. The number of rotatable bonds is 1. The van der Waals surface area contributed by atoms with Crippen molar-refractivity contribution in [2.24, 2.45) is 0 Å². The Labute approximate surface area is 69.2 Å². The van der Waals surface area contributed by atoms with E-state index < -0.39 is 5.60 Å². The fraction of sp³-hybridized carbons (Fsp3) is 1.00. The second-order valence-electron chi connectivity index (χ2n) is 3.78. The molecule has 1 fully saturated rings. The van der Waals surface area contributed by atoms with E-state index in [1.54, 1.807) is 0 Å². The average Bonchev–Trinajstić information content (AvgIpc) is 2.10. The molecule has 1 rings (SSSR count). The van der Waals surface area contributed by atoms with Crippen molar-refractivity contribution in [3.63, 3.8) is 0 Å². The summed E-state index contributed by atoms with van der Waals surface area (Å²) in [6.07, 6.45) is 3.03. The van der Waals surface area contributed by atoms with Gasteiger partial charge in [-0.2, -0.15) is 0 Å². The van der Waals surface area contributed by atoms with E-state index in [0.29, 0.717) is 0 Å². The van der Waals surface area contributed by atoms with Crippen LogP contribution in [0.1, 0.15) is 33.1 Å². The van der Waals surface area contributed by atoms with Gasteiger partial charge in [-0.3, -0.25) is 0 Å². The van der Waals surface area contributed by atoms with Gasteiger partial charge in [-0.25, -0.2) is 0 Å². The molecule has 2 heteroatoms. The number of hydrogen-bond acceptors (Lipinski definition) is 2. The highest BCUT2D eigenvalue weighted by Gasteiger charge is 2.23. The molecule has 1 unspecified atom stereocenters. The molecule has 66 valence electrons. The quantitative estimate of drug-likeness (QED) is 0.619. The van der Waals surface area contributed by atoms with Crippen LogP contribution in [-0.4, -0.2) is 35.2 Å². The summed E-state index contributed by atoms with van der Waals surface area (Å²) in [4.78, 5) is 2.40. The Morgan fingerprint density at radius 1 is 1.36 bits per heavy atom. The van der Waals surface area contributed by atoms with Gasteiger partial charge in [-0.05, 0) is 39.3 Å². The molecule has 0 aromatic rings. The van der Waals surface area contributed by atoms with Crippen molar-refractivity contribution in [1.29, 1.82) is 0 Å². The van der Waals surface area contributed by atoms with Crippen LogP contribution in [0.5, 0.6) is 0 Å². The van der Waals surface area contributed by atoms with Crippen LogP contribution >= 0.6 is 0 Å². The van der Waals surface area contributed by atoms with Crippen molar-refractivity contribution in [2.45, 2.75) is 38.7 Å². The highest BCUT2D eigenvalue weighted by molar-refractivity contribution is 4.78. The van der Waals surface area contributed by atoms with E-state index >= 15 is 0 Å². The second-order valence-corrected chi connectivity index (χ2v) is 3.78. The van der Waals surface area contributed by atoms with E-state index in [0.717, 1.165) is 38.9 Å². The lowest BCUT2D eigenvalue weighted by atomic mass is 9.98. The largest absolute Gasteiger partial charge is 0.390 e. The minimum absolute atomic E-state index is 0.399. The Bertz CT molecular complexity index is 123. The van der Waals surface area contributed by atoms with Crippen molar-refractivity contribution < 1.29 is 5.11 Å². The average molecular weight is 157 g/mol. The summed E-state index contributed by atoms with van der Waals surface area (Å²) in [7, 11) is 0. The van der Waals surface area contributed by atoms with Gasteiger partial charge in [0.25, 0.3) is 0 Å². The number of nitrogens with zero attached hydrogens (tertiary/aromatic N) is 1. The molecule has 1 heterocycles. The first-order valence-corrected chi connectivity index (χ1v) is 4.59. The summed E-state index contributed by atoms with van der Waals surface area (Å²) < 4.78 is 0. The summed E-state index contributed by atoms with van der Waals surface area (Å²) in [5, 5.41) is 9.74. The van der Waals surface area contributed by atoms with E-state index in [1.165, 1.54) is 0 Å². The Morgan fingerprint density at radius 2 is 2.09 bits per heavy atom. The Hall–Kier alpha value is -0.0800. The van der Waals surface area contributed by atoms with Crippen LogP contribution in [0.15, 0.2) is 0 Å². The molecule has 0 spiro atoms. The van der Waals surface area contributed by atoms with Crippen molar-refractivity contribution in [3.05, 3.63) is 0 Å². The smallest absolute Gasteiger partial charge is 0.0632 e. The van der Waals surface area contributed by atoms with Gasteiger partial charge in [0, 0.05) is 6.54 Å². The van der Waals surface area contributed by atoms with Gasteiger partial charge in [0.2, 0.25) is 0 Å². The third-order valence-electron chi connectivity index (χ3n) is 2.60. The van der Waals surface area contributed by atoms with Crippen molar-refractivity contribution in [1.82, 2.24) is 4.90 Å². The first-order valence-electron chi connectivity index (χ1n) is 4.59. The van der Waals surface area contributed by atoms with E-state index in [1.807, 2.05) is 6.92 Å². The van der Waals surface area contributed by atoms with Crippen molar-refractivity contribution in [2.75, 3.05) is 19.6 Å². The molecule has 0 radical (unpaired) electrons. The standard InChI is InChI=1S/C9H19NO/c1-3-10-7-4-5-9(2,11)6-8-10/h11H,3-8H2,1-2H3. The molecule has 1 atom stereocenters. The first-order chi connectivity index (χ1) is 5.14. The molecule has 0 aromatic carbocycles. The van der Waals surface area contributed by atoms with E-state index in [-0.39, 0.29) is 0 Å². The van der Waals surface area contributed by atoms with Gasteiger partial charge in [0.05, 0.1) is 5.60 Å². The van der Waals surface area contributed by atoms with Crippen LogP contribution in [0.25, 0.3) is 0 Å². The molecule has 0 aromatic heterocycles. The fourth-order valence-electron chi connectivity index (χ4n) is 1.64. The van der Waals surface area contributed by atoms with Crippen molar-refractivity contribution in [3.8, 4) is 0 Å². The minimum atomic E-state index is -0.399. The van der Waals surface area contributed by atoms with Crippen LogP contribution in [0, 0.1) is 0 Å². The highest BCUT2D eigenvalue weighted by atomic mass is 16.3. The summed E-state index contributed by atoms with van der Waals surface area (Å²) in [5.41, 5.74) is -0.399. The lowest BCUT2D eigenvalue weighted by Gasteiger charge is -2.21. The molecule has 0 bridgehead atoms. The third-order valence-corrected chi connectivity index (χ3v) is 2.60. The van der Waals surface area contributed by atoms with E-state index in [9.17, 15) is 5.11 Å². The molecule has 1 aliphatic rings. The maximum absolute atomic E-state index is 9.74. The summed E-state index contributed by atoms with van der Waals surface area (Å²) >= 11 is 0.